The highest BCUT2D eigenvalue weighted by atomic mass is 16.5. The van der Waals surface area contributed by atoms with Crippen LogP contribution in [0.1, 0.15) is 37.7 Å². The monoisotopic (exact) mass is 497 g/mol. The van der Waals surface area contributed by atoms with E-state index in [1.807, 2.05) is 17.0 Å². The second kappa shape index (κ2) is 10.4. The van der Waals surface area contributed by atoms with Gasteiger partial charge in [-0.3, -0.25) is 14.5 Å². The summed E-state index contributed by atoms with van der Waals surface area (Å²) in [7, 11) is 1.58. The maximum atomic E-state index is 13.4. The maximum Gasteiger partial charge on any atom is 0.256 e. The summed E-state index contributed by atoms with van der Waals surface area (Å²) in [6.45, 7) is 7.68. The number of pyridine rings is 1. The zero-order valence-electron chi connectivity index (χ0n) is 21.4. The van der Waals surface area contributed by atoms with Crippen molar-refractivity contribution in [3.8, 4) is 5.75 Å². The van der Waals surface area contributed by atoms with Gasteiger partial charge in [-0.15, -0.1) is 0 Å². The molecule has 0 saturated carbocycles. The van der Waals surface area contributed by atoms with Gasteiger partial charge >= 0.3 is 0 Å². The molecule has 4 aromatic rings. The molecule has 1 N–H and O–H groups in total. The molecule has 1 fully saturated rings. The van der Waals surface area contributed by atoms with Crippen molar-refractivity contribution in [2.45, 2.75) is 20.4 Å². The van der Waals surface area contributed by atoms with E-state index < -0.39 is 0 Å². The smallest absolute Gasteiger partial charge is 0.256 e. The fourth-order valence-electron chi connectivity index (χ4n) is 4.71. The number of aryl methyl sites for hydroxylation is 2. The van der Waals surface area contributed by atoms with Gasteiger partial charge < -0.3 is 19.4 Å². The molecule has 0 aliphatic carbocycles. The Morgan fingerprint density at radius 3 is 2.43 bits per heavy atom. The Hall–Kier alpha value is -4.17. The fourth-order valence-corrected chi connectivity index (χ4v) is 4.71. The number of piperazine rings is 1. The number of benzene rings is 2. The number of ether oxygens (including phenoxy) is 1. The number of nitrogens with one attached hydrogen (secondary N) is 1. The van der Waals surface area contributed by atoms with Gasteiger partial charge in [-0.25, -0.2) is 4.98 Å². The average Bonchev–Trinajstić information content (AvgIpc) is 3.22. The van der Waals surface area contributed by atoms with Gasteiger partial charge in [0, 0.05) is 44.5 Å². The number of amides is 2. The lowest BCUT2D eigenvalue weighted by atomic mass is 10.1. The third kappa shape index (κ3) is 5.20. The predicted octanol–water partition coefficient (Wildman–Crippen LogP) is 4.17. The second-order valence-electron chi connectivity index (χ2n) is 9.37. The minimum atomic E-state index is -0.272. The number of hydrogen-bond acceptors (Lipinski definition) is 5. The van der Waals surface area contributed by atoms with Crippen LogP contribution in [-0.2, 0) is 6.54 Å². The first-order chi connectivity index (χ1) is 17.9. The minimum Gasteiger partial charge on any atom is -0.497 e. The SMILES string of the molecule is COc1ccc(C(=O)Nc2ccccc2C(=O)N2CCN(Cc3c(C)nc4cc(C)ccn34)CC2)cc1. The standard InChI is InChI=1S/C29H31N5O3/c1-20-12-13-34-26(21(2)30-27(34)18-20)19-32-14-16-33(17-15-32)29(36)24-6-4-5-7-25(24)31-28(35)22-8-10-23(37-3)11-9-22/h4-13,18H,14-17,19H2,1-3H3,(H,31,35). The average molecular weight is 498 g/mol. The summed E-state index contributed by atoms with van der Waals surface area (Å²) in [4.78, 5) is 35.2. The molecule has 0 atom stereocenters. The summed E-state index contributed by atoms with van der Waals surface area (Å²) in [5.74, 6) is 0.330. The summed E-state index contributed by atoms with van der Waals surface area (Å²) in [5.41, 5.74) is 5.87. The van der Waals surface area contributed by atoms with Crippen LogP contribution in [0, 0.1) is 13.8 Å². The van der Waals surface area contributed by atoms with Crippen molar-refractivity contribution >= 4 is 23.1 Å². The largest absolute Gasteiger partial charge is 0.497 e. The van der Waals surface area contributed by atoms with E-state index in [1.54, 1.807) is 43.5 Å². The first-order valence-corrected chi connectivity index (χ1v) is 12.4. The Labute approximate surface area is 216 Å². The van der Waals surface area contributed by atoms with E-state index in [1.165, 1.54) is 11.3 Å². The molecule has 190 valence electrons. The van der Waals surface area contributed by atoms with Crippen molar-refractivity contribution in [2.75, 3.05) is 38.6 Å². The van der Waals surface area contributed by atoms with E-state index in [2.05, 4.69) is 46.8 Å². The molecule has 1 aliphatic heterocycles. The third-order valence-electron chi connectivity index (χ3n) is 6.87. The van der Waals surface area contributed by atoms with Gasteiger partial charge in [-0.1, -0.05) is 12.1 Å². The number of anilines is 1. The van der Waals surface area contributed by atoms with Crippen LogP contribution >= 0.6 is 0 Å². The van der Waals surface area contributed by atoms with Crippen LogP contribution in [0.25, 0.3) is 5.65 Å². The van der Waals surface area contributed by atoms with Crippen LogP contribution in [0.15, 0.2) is 66.9 Å². The van der Waals surface area contributed by atoms with Crippen molar-refractivity contribution in [1.29, 1.82) is 0 Å². The molecule has 1 aliphatic rings. The van der Waals surface area contributed by atoms with Crippen molar-refractivity contribution in [1.82, 2.24) is 19.2 Å². The van der Waals surface area contributed by atoms with Crippen LogP contribution in [0.3, 0.4) is 0 Å². The molecule has 2 aromatic carbocycles. The third-order valence-corrected chi connectivity index (χ3v) is 6.87. The second-order valence-corrected chi connectivity index (χ2v) is 9.37. The van der Waals surface area contributed by atoms with Gasteiger partial charge in [0.2, 0.25) is 0 Å². The number of methoxy groups -OCH3 is 1. The van der Waals surface area contributed by atoms with Crippen molar-refractivity contribution in [3.63, 3.8) is 0 Å². The normalized spacial score (nSPS) is 14.1. The highest BCUT2D eigenvalue weighted by Crippen LogP contribution is 2.21. The first-order valence-electron chi connectivity index (χ1n) is 12.4. The van der Waals surface area contributed by atoms with Gasteiger partial charge in [0.05, 0.1) is 29.7 Å². The summed E-state index contributed by atoms with van der Waals surface area (Å²) in [6, 6.07) is 18.2. The van der Waals surface area contributed by atoms with Crippen molar-refractivity contribution < 1.29 is 14.3 Å². The molecular formula is C29H31N5O3. The number of imidazole rings is 1. The number of nitrogens with zero attached hydrogens (tertiary/aromatic N) is 4. The summed E-state index contributed by atoms with van der Waals surface area (Å²) >= 11 is 0. The number of para-hydroxylation sites is 1. The lowest BCUT2D eigenvalue weighted by Crippen LogP contribution is -2.48. The van der Waals surface area contributed by atoms with Crippen LogP contribution in [-0.4, -0.2) is 64.3 Å². The summed E-state index contributed by atoms with van der Waals surface area (Å²) in [5, 5.41) is 2.90. The molecule has 5 rings (SSSR count). The van der Waals surface area contributed by atoms with Crippen LogP contribution in [0.5, 0.6) is 5.75 Å². The Morgan fingerprint density at radius 1 is 0.973 bits per heavy atom. The Balaban J connectivity index is 1.24. The Kier molecular flexibility index (Phi) is 6.92. The molecule has 3 heterocycles. The molecule has 8 nitrogen and oxygen atoms in total. The Bertz CT molecular complexity index is 1440. The summed E-state index contributed by atoms with van der Waals surface area (Å²) < 4.78 is 7.32. The highest BCUT2D eigenvalue weighted by molar-refractivity contribution is 6.09. The van der Waals surface area contributed by atoms with Gasteiger partial charge in [0.1, 0.15) is 11.4 Å². The molecular weight excluding hydrogens is 466 g/mol. The number of carbonyl (C=O) groups is 2. The number of fused-ring (bicyclic) bond motifs is 1. The lowest BCUT2D eigenvalue weighted by Gasteiger charge is -2.35. The topological polar surface area (TPSA) is 79.2 Å². The molecule has 1 saturated heterocycles. The fraction of sp³-hybridized carbons (Fsp3) is 0.276. The minimum absolute atomic E-state index is 0.0771. The van der Waals surface area contributed by atoms with Crippen LogP contribution in [0.2, 0.25) is 0 Å². The van der Waals surface area contributed by atoms with E-state index in [9.17, 15) is 9.59 Å². The number of rotatable bonds is 6. The molecule has 2 amide bonds. The molecule has 8 heteroatoms. The van der Waals surface area contributed by atoms with Gasteiger partial charge in [-0.05, 0) is 67.9 Å². The van der Waals surface area contributed by atoms with E-state index in [0.717, 1.165) is 31.0 Å². The summed E-state index contributed by atoms with van der Waals surface area (Å²) in [6.07, 6.45) is 2.08. The molecule has 0 radical (unpaired) electrons. The van der Waals surface area contributed by atoms with Gasteiger partial charge in [-0.2, -0.15) is 0 Å². The van der Waals surface area contributed by atoms with E-state index in [4.69, 9.17) is 9.72 Å². The zero-order valence-corrected chi connectivity index (χ0v) is 21.4. The molecule has 2 aromatic heterocycles. The molecule has 0 unspecified atom stereocenters. The molecule has 0 bridgehead atoms. The Morgan fingerprint density at radius 2 is 1.70 bits per heavy atom. The quantitative estimate of drug-likeness (QED) is 0.433. The number of aromatic nitrogens is 2. The maximum absolute atomic E-state index is 13.4. The number of carbonyl (C=O) groups excluding carboxylic acids is 2. The van der Waals surface area contributed by atoms with Crippen molar-refractivity contribution in [3.05, 3.63) is 94.9 Å². The van der Waals surface area contributed by atoms with Gasteiger partial charge in [0.15, 0.2) is 0 Å². The van der Waals surface area contributed by atoms with Crippen LogP contribution < -0.4 is 10.1 Å². The van der Waals surface area contributed by atoms with Crippen LogP contribution in [0.4, 0.5) is 5.69 Å². The van der Waals surface area contributed by atoms with Crippen molar-refractivity contribution in [2.24, 2.45) is 0 Å². The molecule has 0 spiro atoms. The zero-order chi connectivity index (χ0) is 25.9. The van der Waals surface area contributed by atoms with E-state index in [-0.39, 0.29) is 11.8 Å². The number of hydrogen-bond donors (Lipinski definition) is 1. The predicted molar refractivity (Wildman–Crippen MR) is 143 cm³/mol. The lowest BCUT2D eigenvalue weighted by molar-refractivity contribution is 0.0627. The first kappa shape index (κ1) is 24.5. The van der Waals surface area contributed by atoms with Gasteiger partial charge in [0.25, 0.3) is 11.8 Å². The van der Waals surface area contributed by atoms with E-state index in [0.29, 0.717) is 35.7 Å². The van der Waals surface area contributed by atoms with E-state index >= 15 is 0 Å². The molecule has 37 heavy (non-hydrogen) atoms. The highest BCUT2D eigenvalue weighted by Gasteiger charge is 2.25.